The number of hydrogen-bond acceptors (Lipinski definition) is 6. The smallest absolute Gasteiger partial charge is 0.293 e. The first-order chi connectivity index (χ1) is 12.5. The maximum atomic E-state index is 12.8. The molecule has 1 N–H and O–H groups in total. The summed E-state index contributed by atoms with van der Waals surface area (Å²) in [4.78, 5) is 39.6. The van der Waals surface area contributed by atoms with Crippen molar-refractivity contribution in [2.24, 2.45) is 0 Å². The third-order valence-electron chi connectivity index (χ3n) is 5.01. The van der Waals surface area contributed by atoms with E-state index >= 15 is 0 Å². The molecule has 134 valence electrons. The molecule has 4 rings (SSSR count). The molecule has 0 atom stereocenters. The summed E-state index contributed by atoms with van der Waals surface area (Å²) in [6, 6.07) is 6.30. The maximum absolute atomic E-state index is 12.8. The molecule has 1 saturated heterocycles. The highest BCUT2D eigenvalue weighted by molar-refractivity contribution is 6.27. The lowest BCUT2D eigenvalue weighted by atomic mass is 9.91. The highest BCUT2D eigenvalue weighted by Gasteiger charge is 2.37. The van der Waals surface area contributed by atoms with Gasteiger partial charge in [0.25, 0.3) is 17.5 Å². The summed E-state index contributed by atoms with van der Waals surface area (Å²) in [6.45, 7) is 0.905. The zero-order valence-electron chi connectivity index (χ0n) is 14.0. The molecule has 26 heavy (non-hydrogen) atoms. The molecule has 0 radical (unpaired) electrons. The molecule has 2 aromatic rings. The van der Waals surface area contributed by atoms with Crippen molar-refractivity contribution in [3.05, 3.63) is 45.5 Å². The largest absolute Gasteiger partial charge is 0.395 e. The second-order valence-electron chi connectivity index (χ2n) is 6.46. The molecule has 0 aliphatic carbocycles. The number of aliphatic hydroxyl groups excluding tert-OH is 1. The van der Waals surface area contributed by atoms with Crippen LogP contribution >= 0.6 is 0 Å². The third-order valence-corrected chi connectivity index (χ3v) is 5.01. The molecule has 2 heterocycles. The number of nitro groups is 1. The molecule has 0 spiro atoms. The molecule has 0 aromatic heterocycles. The first-order valence-electron chi connectivity index (χ1n) is 8.50. The summed E-state index contributed by atoms with van der Waals surface area (Å²) in [5.74, 6) is -1.09. The summed E-state index contributed by atoms with van der Waals surface area (Å²) in [7, 11) is 0. The summed E-state index contributed by atoms with van der Waals surface area (Å²) in [5, 5.41) is 21.9. The second kappa shape index (κ2) is 6.06. The number of nitro benzene ring substituents is 1. The third kappa shape index (κ3) is 2.26. The molecule has 2 aliphatic heterocycles. The lowest BCUT2D eigenvalue weighted by Crippen LogP contribution is -2.42. The van der Waals surface area contributed by atoms with Gasteiger partial charge in [0.1, 0.15) is 5.69 Å². The Labute approximate surface area is 148 Å². The molecular formula is C18H17N3O5. The van der Waals surface area contributed by atoms with Crippen LogP contribution in [-0.4, -0.2) is 53.0 Å². The fraction of sp³-hybridized carbons (Fsp3) is 0.333. The SMILES string of the molecule is O=C1c2cccc3c(N4CCCC4)c([N+](=O)[O-])cc(c23)C(=O)N1CCO. The number of rotatable bonds is 4. The summed E-state index contributed by atoms with van der Waals surface area (Å²) in [5.41, 5.74) is 0.821. The van der Waals surface area contributed by atoms with Gasteiger partial charge in [-0.15, -0.1) is 0 Å². The number of aliphatic hydroxyl groups is 1. The Balaban J connectivity index is 2.06. The van der Waals surface area contributed by atoms with E-state index in [1.807, 2.05) is 4.90 Å². The van der Waals surface area contributed by atoms with Crippen molar-refractivity contribution < 1.29 is 19.6 Å². The molecule has 0 bridgehead atoms. The zero-order valence-corrected chi connectivity index (χ0v) is 14.0. The van der Waals surface area contributed by atoms with E-state index in [0.29, 0.717) is 35.1 Å². The fourth-order valence-electron chi connectivity index (χ4n) is 3.90. The van der Waals surface area contributed by atoms with Crippen LogP contribution in [0.3, 0.4) is 0 Å². The van der Waals surface area contributed by atoms with E-state index in [0.717, 1.165) is 17.7 Å². The number of amides is 2. The van der Waals surface area contributed by atoms with Gasteiger partial charge in [-0.1, -0.05) is 12.1 Å². The monoisotopic (exact) mass is 355 g/mol. The number of nitrogens with zero attached hydrogens (tertiary/aromatic N) is 3. The lowest BCUT2D eigenvalue weighted by Gasteiger charge is -2.28. The topological polar surface area (TPSA) is 104 Å². The number of carbonyl (C=O) groups is 2. The Morgan fingerprint density at radius 3 is 2.46 bits per heavy atom. The zero-order chi connectivity index (χ0) is 18.4. The number of carbonyl (C=O) groups excluding carboxylic acids is 2. The van der Waals surface area contributed by atoms with Gasteiger partial charge >= 0.3 is 0 Å². The minimum atomic E-state index is -0.608. The number of imide groups is 1. The van der Waals surface area contributed by atoms with Crippen LogP contribution in [0.15, 0.2) is 24.3 Å². The number of hydrogen-bond donors (Lipinski definition) is 1. The quantitative estimate of drug-likeness (QED) is 0.511. The Hall–Kier alpha value is -3.00. The van der Waals surface area contributed by atoms with Crippen molar-refractivity contribution in [2.75, 3.05) is 31.1 Å². The maximum Gasteiger partial charge on any atom is 0.293 e. The summed E-state index contributed by atoms with van der Waals surface area (Å²) < 4.78 is 0. The van der Waals surface area contributed by atoms with E-state index < -0.39 is 16.7 Å². The Bertz CT molecular complexity index is 949. The molecule has 2 amide bonds. The fourth-order valence-corrected chi connectivity index (χ4v) is 3.90. The standard InChI is InChI=1S/C18H17N3O5/c22-9-8-20-17(23)12-5-3-4-11-15(12)13(18(20)24)10-14(21(25)26)16(11)19-6-1-2-7-19/h3-5,10,22H,1-2,6-9H2. The van der Waals surface area contributed by atoms with Gasteiger partial charge in [-0.05, 0) is 18.9 Å². The van der Waals surface area contributed by atoms with E-state index in [1.165, 1.54) is 6.07 Å². The molecule has 0 saturated carbocycles. The van der Waals surface area contributed by atoms with E-state index in [2.05, 4.69) is 0 Å². The average molecular weight is 355 g/mol. The van der Waals surface area contributed by atoms with Crippen LogP contribution in [-0.2, 0) is 0 Å². The highest BCUT2D eigenvalue weighted by Crippen LogP contribution is 2.43. The van der Waals surface area contributed by atoms with Crippen LogP contribution in [0.4, 0.5) is 11.4 Å². The Morgan fingerprint density at radius 2 is 1.81 bits per heavy atom. The number of anilines is 1. The minimum absolute atomic E-state index is 0.127. The highest BCUT2D eigenvalue weighted by atomic mass is 16.6. The van der Waals surface area contributed by atoms with Gasteiger partial charge in [0.05, 0.1) is 23.6 Å². The minimum Gasteiger partial charge on any atom is -0.395 e. The van der Waals surface area contributed by atoms with Gasteiger partial charge in [0.15, 0.2) is 0 Å². The summed E-state index contributed by atoms with van der Waals surface area (Å²) in [6.07, 6.45) is 1.89. The first kappa shape index (κ1) is 16.5. The number of benzene rings is 2. The molecular weight excluding hydrogens is 338 g/mol. The summed E-state index contributed by atoms with van der Waals surface area (Å²) >= 11 is 0. The molecule has 2 aromatic carbocycles. The van der Waals surface area contributed by atoms with Crippen LogP contribution < -0.4 is 4.90 Å². The van der Waals surface area contributed by atoms with Gasteiger partial charge in [-0.2, -0.15) is 0 Å². The average Bonchev–Trinajstić information content (AvgIpc) is 3.16. The van der Waals surface area contributed by atoms with Crippen molar-refractivity contribution >= 4 is 34.0 Å². The predicted octanol–water partition coefficient (Wildman–Crippen LogP) is 1.94. The Kier molecular flexibility index (Phi) is 3.84. The van der Waals surface area contributed by atoms with Crippen molar-refractivity contribution in [1.29, 1.82) is 0 Å². The van der Waals surface area contributed by atoms with Gasteiger partial charge in [0, 0.05) is 35.5 Å². The van der Waals surface area contributed by atoms with Gasteiger partial charge in [0.2, 0.25) is 0 Å². The van der Waals surface area contributed by atoms with E-state index in [9.17, 15) is 19.7 Å². The predicted molar refractivity (Wildman–Crippen MR) is 94.5 cm³/mol. The lowest BCUT2D eigenvalue weighted by molar-refractivity contribution is -0.384. The van der Waals surface area contributed by atoms with Crippen molar-refractivity contribution in [3.63, 3.8) is 0 Å². The van der Waals surface area contributed by atoms with Crippen molar-refractivity contribution in [3.8, 4) is 0 Å². The van der Waals surface area contributed by atoms with Crippen LogP contribution in [0, 0.1) is 10.1 Å². The van der Waals surface area contributed by atoms with Gasteiger partial charge < -0.3 is 10.0 Å². The van der Waals surface area contributed by atoms with Crippen molar-refractivity contribution in [2.45, 2.75) is 12.8 Å². The van der Waals surface area contributed by atoms with E-state index in [4.69, 9.17) is 5.11 Å². The first-order valence-corrected chi connectivity index (χ1v) is 8.50. The second-order valence-corrected chi connectivity index (χ2v) is 6.46. The molecule has 8 heteroatoms. The molecule has 0 unspecified atom stereocenters. The Morgan fingerprint density at radius 1 is 1.12 bits per heavy atom. The van der Waals surface area contributed by atoms with Gasteiger partial charge in [-0.25, -0.2) is 0 Å². The van der Waals surface area contributed by atoms with Gasteiger partial charge in [-0.3, -0.25) is 24.6 Å². The van der Waals surface area contributed by atoms with Crippen molar-refractivity contribution in [1.82, 2.24) is 4.90 Å². The van der Waals surface area contributed by atoms with Crippen LogP contribution in [0.1, 0.15) is 33.6 Å². The van der Waals surface area contributed by atoms with E-state index in [1.54, 1.807) is 18.2 Å². The van der Waals surface area contributed by atoms with Crippen LogP contribution in [0.5, 0.6) is 0 Å². The normalized spacial score (nSPS) is 16.7. The molecule has 2 aliphatic rings. The molecule has 1 fully saturated rings. The van der Waals surface area contributed by atoms with E-state index in [-0.39, 0.29) is 24.4 Å². The number of β-amino-alcohol motifs (C(OH)–C–C–N with tert-alkyl or cyclic N) is 1. The van der Waals surface area contributed by atoms with Crippen LogP contribution in [0.25, 0.3) is 10.8 Å². The van der Waals surface area contributed by atoms with Crippen LogP contribution in [0.2, 0.25) is 0 Å². The molecule has 8 nitrogen and oxygen atoms in total.